The zero-order valence-corrected chi connectivity index (χ0v) is 12.1. The Kier molecular flexibility index (Phi) is 5.91. The largest absolute Gasteiger partial charge is 0.573 e. The summed E-state index contributed by atoms with van der Waals surface area (Å²) in [5, 5.41) is 3.17. The zero-order valence-electron chi connectivity index (χ0n) is 9.67. The van der Waals surface area contributed by atoms with Crippen molar-refractivity contribution in [2.24, 2.45) is 0 Å². The number of alkyl halides is 3. The molecule has 1 aromatic carbocycles. The molecule has 0 saturated carbocycles. The predicted octanol–water partition coefficient (Wildman–Crippen LogP) is 3.43. The van der Waals surface area contributed by atoms with Crippen molar-refractivity contribution in [2.45, 2.75) is 12.4 Å². The summed E-state index contributed by atoms with van der Waals surface area (Å²) in [6, 6.07) is 4.27. The molecule has 8 heteroatoms. The highest BCUT2D eigenvalue weighted by molar-refractivity contribution is 9.10. The number of hydrogen-bond donors (Lipinski definition) is 1. The van der Waals surface area contributed by atoms with Gasteiger partial charge in [-0.15, -0.1) is 25.6 Å². The molecule has 1 N–H and O–H groups in total. The summed E-state index contributed by atoms with van der Waals surface area (Å²) in [6.45, 7) is 1.71. The van der Waals surface area contributed by atoms with Crippen LogP contribution in [0.4, 0.5) is 13.2 Å². The van der Waals surface area contributed by atoms with E-state index in [1.165, 1.54) is 12.1 Å². The number of nitrogens with one attached hydrogen (secondary N) is 1. The van der Waals surface area contributed by atoms with Gasteiger partial charge in [0.15, 0.2) is 0 Å². The van der Waals surface area contributed by atoms with Crippen LogP contribution in [0.25, 0.3) is 0 Å². The molecule has 1 fully saturated rings. The van der Waals surface area contributed by atoms with Crippen LogP contribution in [-0.4, -0.2) is 26.1 Å². The van der Waals surface area contributed by atoms with E-state index in [1.54, 1.807) is 6.07 Å². The number of hydrogen-bond acceptors (Lipinski definition) is 3. The lowest BCUT2D eigenvalue weighted by molar-refractivity contribution is -0.274. The first kappa shape index (κ1) is 16.6. The molecule has 19 heavy (non-hydrogen) atoms. The molecule has 0 aromatic heterocycles. The molecular formula is C11H12BrClF3NO2. The number of halogens is 5. The Morgan fingerprint density at radius 2 is 2.05 bits per heavy atom. The Labute approximate surface area is 123 Å². The maximum Gasteiger partial charge on any atom is 0.573 e. The van der Waals surface area contributed by atoms with E-state index in [0.717, 1.165) is 0 Å². The molecule has 108 valence electrons. The molecule has 0 radical (unpaired) electrons. The van der Waals surface area contributed by atoms with Crippen LogP contribution in [0.2, 0.25) is 0 Å². The summed E-state index contributed by atoms with van der Waals surface area (Å²) in [5.74, 6) is -0.237. The monoisotopic (exact) mass is 361 g/mol. The third-order valence-electron chi connectivity index (χ3n) is 2.45. The zero-order chi connectivity index (χ0) is 13.2. The molecule has 0 spiro atoms. The van der Waals surface area contributed by atoms with Gasteiger partial charge in [0.05, 0.1) is 19.3 Å². The van der Waals surface area contributed by atoms with Crippen LogP contribution < -0.4 is 10.1 Å². The third kappa shape index (κ3) is 5.18. The Balaban J connectivity index is 0.00000180. The van der Waals surface area contributed by atoms with Crippen molar-refractivity contribution in [2.75, 3.05) is 19.8 Å². The first-order valence-corrected chi connectivity index (χ1v) is 6.11. The second-order valence-electron chi connectivity index (χ2n) is 3.85. The summed E-state index contributed by atoms with van der Waals surface area (Å²) in [5.41, 5.74) is 0.698. The highest BCUT2D eigenvalue weighted by atomic mass is 79.9. The molecule has 0 bridgehead atoms. The van der Waals surface area contributed by atoms with Crippen molar-refractivity contribution >= 4 is 28.3 Å². The van der Waals surface area contributed by atoms with E-state index in [0.29, 0.717) is 29.8 Å². The van der Waals surface area contributed by atoms with Crippen molar-refractivity contribution in [3.8, 4) is 5.75 Å². The predicted molar refractivity (Wildman–Crippen MR) is 69.6 cm³/mol. The van der Waals surface area contributed by atoms with Crippen LogP contribution in [-0.2, 0) is 4.74 Å². The minimum Gasteiger partial charge on any atom is -0.406 e. The Morgan fingerprint density at radius 1 is 1.32 bits per heavy atom. The van der Waals surface area contributed by atoms with Gasteiger partial charge in [0.2, 0.25) is 0 Å². The van der Waals surface area contributed by atoms with Crippen molar-refractivity contribution in [3.63, 3.8) is 0 Å². The lowest BCUT2D eigenvalue weighted by Gasteiger charge is -2.24. The number of benzene rings is 1. The van der Waals surface area contributed by atoms with Gasteiger partial charge >= 0.3 is 6.36 Å². The highest BCUT2D eigenvalue weighted by Gasteiger charge is 2.31. The molecule has 1 saturated heterocycles. The maximum absolute atomic E-state index is 12.2. The number of ether oxygens (including phenoxy) is 2. The van der Waals surface area contributed by atoms with Gasteiger partial charge in [0.1, 0.15) is 5.75 Å². The standard InChI is InChI=1S/C11H11BrF3NO2.ClH/c12-8-3-7(10-6-17-2-1-16-10)4-9(5-8)18-11(13,14)15;/h3-5,10,16H,1-2,6H2;1H/t10-;/m1./s1. The third-order valence-corrected chi connectivity index (χ3v) is 2.91. The SMILES string of the molecule is Cl.FC(F)(F)Oc1cc(Br)cc([C@H]2COCCN2)c1. The van der Waals surface area contributed by atoms with E-state index in [1.807, 2.05) is 0 Å². The van der Waals surface area contributed by atoms with Crippen molar-refractivity contribution in [3.05, 3.63) is 28.2 Å². The molecule has 0 aliphatic carbocycles. The number of rotatable bonds is 2. The minimum atomic E-state index is -4.69. The summed E-state index contributed by atoms with van der Waals surface area (Å²) in [7, 11) is 0. The van der Waals surface area contributed by atoms with Crippen LogP contribution in [0, 0.1) is 0 Å². The van der Waals surface area contributed by atoms with E-state index >= 15 is 0 Å². The molecule has 1 atom stereocenters. The van der Waals surface area contributed by atoms with Gasteiger partial charge in [-0.05, 0) is 23.8 Å². The van der Waals surface area contributed by atoms with Crippen LogP contribution in [0.3, 0.4) is 0 Å². The maximum atomic E-state index is 12.2. The molecule has 3 nitrogen and oxygen atoms in total. The fourth-order valence-corrected chi connectivity index (χ4v) is 2.25. The molecule has 1 aliphatic rings. The van der Waals surface area contributed by atoms with E-state index in [9.17, 15) is 13.2 Å². The Bertz CT molecular complexity index is 425. The molecule has 1 heterocycles. The smallest absolute Gasteiger partial charge is 0.406 e. The second kappa shape index (κ2) is 6.78. The molecule has 0 unspecified atom stereocenters. The summed E-state index contributed by atoms with van der Waals surface area (Å²) < 4.78 is 46.2. The average molecular weight is 363 g/mol. The van der Waals surface area contributed by atoms with E-state index in [-0.39, 0.29) is 24.2 Å². The van der Waals surface area contributed by atoms with Crippen molar-refractivity contribution in [1.29, 1.82) is 0 Å². The van der Waals surface area contributed by atoms with Gasteiger partial charge in [0, 0.05) is 11.0 Å². The molecule has 2 rings (SSSR count). The number of morpholine rings is 1. The Morgan fingerprint density at radius 3 is 2.63 bits per heavy atom. The lowest BCUT2D eigenvalue weighted by atomic mass is 10.1. The quantitative estimate of drug-likeness (QED) is 0.874. The second-order valence-corrected chi connectivity index (χ2v) is 4.77. The van der Waals surface area contributed by atoms with Crippen LogP contribution >= 0.6 is 28.3 Å². The first-order chi connectivity index (χ1) is 8.44. The summed E-state index contributed by atoms with van der Waals surface area (Å²) in [4.78, 5) is 0. The van der Waals surface area contributed by atoms with Gasteiger partial charge in [0.25, 0.3) is 0 Å². The normalized spacial score (nSPS) is 19.7. The summed E-state index contributed by atoms with van der Waals surface area (Å²) >= 11 is 3.17. The first-order valence-electron chi connectivity index (χ1n) is 5.31. The van der Waals surface area contributed by atoms with Gasteiger partial charge in [-0.1, -0.05) is 15.9 Å². The fourth-order valence-electron chi connectivity index (χ4n) is 1.76. The Hall–Kier alpha value is -0.500. The van der Waals surface area contributed by atoms with Crippen molar-refractivity contribution in [1.82, 2.24) is 5.32 Å². The lowest BCUT2D eigenvalue weighted by Crippen LogP contribution is -2.34. The van der Waals surface area contributed by atoms with Gasteiger partial charge < -0.3 is 14.8 Å². The van der Waals surface area contributed by atoms with Crippen molar-refractivity contribution < 1.29 is 22.6 Å². The van der Waals surface area contributed by atoms with Crippen LogP contribution in [0.1, 0.15) is 11.6 Å². The minimum absolute atomic E-state index is 0. The van der Waals surface area contributed by atoms with Crippen LogP contribution in [0.15, 0.2) is 22.7 Å². The van der Waals surface area contributed by atoms with E-state index in [4.69, 9.17) is 4.74 Å². The molecule has 0 amide bonds. The van der Waals surface area contributed by atoms with Gasteiger partial charge in [-0.25, -0.2) is 0 Å². The van der Waals surface area contributed by atoms with Crippen LogP contribution in [0.5, 0.6) is 5.75 Å². The fraction of sp³-hybridized carbons (Fsp3) is 0.455. The topological polar surface area (TPSA) is 30.5 Å². The van der Waals surface area contributed by atoms with E-state index < -0.39 is 6.36 Å². The molecular weight excluding hydrogens is 350 g/mol. The highest BCUT2D eigenvalue weighted by Crippen LogP contribution is 2.30. The van der Waals surface area contributed by atoms with E-state index in [2.05, 4.69) is 26.0 Å². The average Bonchev–Trinajstić information content (AvgIpc) is 2.27. The molecule has 1 aromatic rings. The molecule has 1 aliphatic heterocycles. The van der Waals surface area contributed by atoms with Gasteiger partial charge in [-0.2, -0.15) is 0 Å². The van der Waals surface area contributed by atoms with Gasteiger partial charge in [-0.3, -0.25) is 0 Å². The summed E-state index contributed by atoms with van der Waals surface area (Å²) in [6.07, 6.45) is -4.69.